The van der Waals surface area contributed by atoms with Crippen molar-refractivity contribution in [3.63, 3.8) is 0 Å². The minimum absolute atomic E-state index is 0.130. The average molecular weight is 404 g/mol. The van der Waals surface area contributed by atoms with Gasteiger partial charge in [-0.05, 0) is 62.3 Å². The zero-order chi connectivity index (χ0) is 19.7. The molecule has 9 heteroatoms. The Labute approximate surface area is 157 Å². The van der Waals surface area contributed by atoms with Crippen LogP contribution >= 0.6 is 0 Å². The minimum atomic E-state index is -4.41. The van der Waals surface area contributed by atoms with Gasteiger partial charge in [0.15, 0.2) is 0 Å². The number of sulfonamides is 1. The van der Waals surface area contributed by atoms with Crippen LogP contribution in [0.15, 0.2) is 24.3 Å². The van der Waals surface area contributed by atoms with E-state index < -0.39 is 21.8 Å². The highest BCUT2D eigenvalue weighted by molar-refractivity contribution is 7.90. The summed E-state index contributed by atoms with van der Waals surface area (Å²) in [7, 11) is -3.18. The van der Waals surface area contributed by atoms with Crippen LogP contribution in [-0.2, 0) is 21.0 Å². The van der Waals surface area contributed by atoms with Crippen molar-refractivity contribution >= 4 is 21.6 Å². The van der Waals surface area contributed by atoms with E-state index >= 15 is 0 Å². The van der Waals surface area contributed by atoms with Crippen LogP contribution < -0.4 is 5.32 Å². The summed E-state index contributed by atoms with van der Waals surface area (Å²) in [5, 5.41) is 2.37. The maximum Gasteiger partial charge on any atom is 0.416 e. The lowest BCUT2D eigenvalue weighted by molar-refractivity contribution is -0.137. The van der Waals surface area contributed by atoms with Crippen molar-refractivity contribution in [3.05, 3.63) is 29.8 Å². The number of benzene rings is 1. The standard InChI is InChI=1S/C18H23F3N2O3S/c19-18(20,21)14-4-6-15(7-5-14)22-17(24)10-3-13-2-1-11-23(12-13)27(25,26)16-8-9-16/h4-7,13,16H,1-3,8-12H2,(H,22,24)/t13-/m0/s1. The lowest BCUT2D eigenvalue weighted by atomic mass is 9.94. The molecular formula is C18H23F3N2O3S. The maximum atomic E-state index is 12.5. The first-order valence-corrected chi connectivity index (χ1v) is 10.6. The van der Waals surface area contributed by atoms with E-state index in [2.05, 4.69) is 5.32 Å². The van der Waals surface area contributed by atoms with E-state index in [0.29, 0.717) is 25.2 Å². The summed E-state index contributed by atoms with van der Waals surface area (Å²) in [4.78, 5) is 12.1. The molecule has 1 N–H and O–H groups in total. The number of carbonyl (C=O) groups excluding carboxylic acids is 1. The third-order valence-corrected chi connectivity index (χ3v) is 7.43. The largest absolute Gasteiger partial charge is 0.416 e. The van der Waals surface area contributed by atoms with Crippen molar-refractivity contribution in [2.75, 3.05) is 18.4 Å². The van der Waals surface area contributed by atoms with Crippen LogP contribution in [0, 0.1) is 5.92 Å². The number of rotatable bonds is 6. The van der Waals surface area contributed by atoms with Crippen molar-refractivity contribution in [1.29, 1.82) is 0 Å². The first-order chi connectivity index (χ1) is 12.7. The molecule has 1 saturated heterocycles. The number of piperidine rings is 1. The highest BCUT2D eigenvalue weighted by Gasteiger charge is 2.41. The monoisotopic (exact) mass is 404 g/mol. The SMILES string of the molecule is O=C(CC[C@@H]1CCCN(S(=O)(=O)C2CC2)C1)Nc1ccc(C(F)(F)F)cc1. The van der Waals surface area contributed by atoms with E-state index in [4.69, 9.17) is 0 Å². The van der Waals surface area contributed by atoms with Gasteiger partial charge in [-0.2, -0.15) is 13.2 Å². The van der Waals surface area contributed by atoms with Gasteiger partial charge in [-0.3, -0.25) is 4.79 Å². The van der Waals surface area contributed by atoms with Gasteiger partial charge >= 0.3 is 6.18 Å². The van der Waals surface area contributed by atoms with Crippen LogP contribution in [0.1, 0.15) is 44.1 Å². The molecular weight excluding hydrogens is 381 g/mol. The number of amides is 1. The Kier molecular flexibility index (Phi) is 5.81. The van der Waals surface area contributed by atoms with Crippen molar-refractivity contribution in [2.24, 2.45) is 5.92 Å². The van der Waals surface area contributed by atoms with Gasteiger partial charge in [0.2, 0.25) is 15.9 Å². The van der Waals surface area contributed by atoms with Crippen molar-refractivity contribution in [1.82, 2.24) is 4.31 Å². The molecule has 0 aromatic heterocycles. The smallest absolute Gasteiger partial charge is 0.326 e. The Morgan fingerprint density at radius 2 is 1.81 bits per heavy atom. The Hall–Kier alpha value is -1.61. The van der Waals surface area contributed by atoms with Gasteiger partial charge in [0, 0.05) is 25.2 Å². The van der Waals surface area contributed by atoms with Gasteiger partial charge < -0.3 is 5.32 Å². The molecule has 1 saturated carbocycles. The quantitative estimate of drug-likeness (QED) is 0.787. The fourth-order valence-corrected chi connectivity index (χ4v) is 5.33. The summed E-state index contributed by atoms with van der Waals surface area (Å²) < 4.78 is 63.9. The van der Waals surface area contributed by atoms with Gasteiger partial charge in [0.1, 0.15) is 0 Å². The van der Waals surface area contributed by atoms with Crippen LogP contribution in [0.2, 0.25) is 0 Å². The summed E-state index contributed by atoms with van der Waals surface area (Å²) in [5.41, 5.74) is -0.450. The van der Waals surface area contributed by atoms with Gasteiger partial charge in [-0.15, -0.1) is 0 Å². The summed E-state index contributed by atoms with van der Waals surface area (Å²) >= 11 is 0. The van der Waals surface area contributed by atoms with E-state index in [0.717, 1.165) is 37.8 Å². The van der Waals surface area contributed by atoms with Crippen molar-refractivity contribution in [3.8, 4) is 0 Å². The molecule has 1 heterocycles. The van der Waals surface area contributed by atoms with Gasteiger partial charge in [-0.25, -0.2) is 12.7 Å². The number of alkyl halides is 3. The molecule has 1 amide bonds. The molecule has 0 unspecified atom stereocenters. The van der Waals surface area contributed by atoms with Crippen molar-refractivity contribution in [2.45, 2.75) is 50.0 Å². The lowest BCUT2D eigenvalue weighted by Gasteiger charge is -2.32. The fourth-order valence-electron chi connectivity index (χ4n) is 3.37. The maximum absolute atomic E-state index is 12.5. The molecule has 27 heavy (non-hydrogen) atoms. The summed E-state index contributed by atoms with van der Waals surface area (Å²) in [6.45, 7) is 0.999. The zero-order valence-corrected chi connectivity index (χ0v) is 15.7. The van der Waals surface area contributed by atoms with Crippen LogP contribution in [0.25, 0.3) is 0 Å². The summed E-state index contributed by atoms with van der Waals surface area (Å²) in [5.74, 6) is -0.150. The third-order valence-electron chi connectivity index (χ3n) is 5.06. The van der Waals surface area contributed by atoms with E-state index in [1.54, 1.807) is 4.31 Å². The molecule has 0 spiro atoms. The highest BCUT2D eigenvalue weighted by atomic mass is 32.2. The Bertz CT molecular complexity index is 774. The second-order valence-corrected chi connectivity index (χ2v) is 9.49. The number of carbonyl (C=O) groups is 1. The molecule has 5 nitrogen and oxygen atoms in total. The van der Waals surface area contributed by atoms with Gasteiger partial charge in [0.25, 0.3) is 0 Å². The molecule has 1 aliphatic heterocycles. The number of hydrogen-bond acceptors (Lipinski definition) is 3. The number of nitrogens with zero attached hydrogens (tertiary/aromatic N) is 1. The normalized spacial score (nSPS) is 21.8. The fraction of sp³-hybridized carbons (Fsp3) is 0.611. The van der Waals surface area contributed by atoms with Gasteiger partial charge in [-0.1, -0.05) is 0 Å². The predicted octanol–water partition coefficient (Wildman–Crippen LogP) is 3.63. The lowest BCUT2D eigenvalue weighted by Crippen LogP contribution is -2.41. The summed E-state index contributed by atoms with van der Waals surface area (Å²) in [6, 6.07) is 4.31. The number of halogens is 3. The zero-order valence-electron chi connectivity index (χ0n) is 14.8. The molecule has 1 aliphatic carbocycles. The van der Waals surface area contributed by atoms with Crippen LogP contribution in [0.3, 0.4) is 0 Å². The topological polar surface area (TPSA) is 66.5 Å². The molecule has 3 rings (SSSR count). The minimum Gasteiger partial charge on any atom is -0.326 e. The van der Waals surface area contributed by atoms with Crippen LogP contribution in [0.5, 0.6) is 0 Å². The second-order valence-electron chi connectivity index (χ2n) is 7.27. The predicted molar refractivity (Wildman–Crippen MR) is 95.5 cm³/mol. The number of hydrogen-bond donors (Lipinski definition) is 1. The van der Waals surface area contributed by atoms with Crippen molar-refractivity contribution < 1.29 is 26.4 Å². The second kappa shape index (κ2) is 7.79. The average Bonchev–Trinajstić information content (AvgIpc) is 3.46. The molecule has 2 aliphatic rings. The number of anilines is 1. The Morgan fingerprint density at radius 3 is 2.41 bits per heavy atom. The molecule has 0 bridgehead atoms. The van der Waals surface area contributed by atoms with E-state index in [9.17, 15) is 26.4 Å². The molecule has 2 fully saturated rings. The van der Waals surface area contributed by atoms with E-state index in [1.165, 1.54) is 12.1 Å². The van der Waals surface area contributed by atoms with Crippen LogP contribution in [-0.4, -0.2) is 37.0 Å². The Balaban J connectivity index is 1.47. The first kappa shape index (κ1) is 20.1. The van der Waals surface area contributed by atoms with Gasteiger partial charge in [0.05, 0.1) is 10.8 Å². The molecule has 0 radical (unpaired) electrons. The Morgan fingerprint density at radius 1 is 1.15 bits per heavy atom. The van der Waals surface area contributed by atoms with E-state index in [1.807, 2.05) is 0 Å². The highest BCUT2D eigenvalue weighted by Crippen LogP contribution is 2.34. The molecule has 1 aromatic rings. The van der Waals surface area contributed by atoms with Crippen LogP contribution in [0.4, 0.5) is 18.9 Å². The third kappa shape index (κ3) is 5.22. The first-order valence-electron chi connectivity index (χ1n) is 9.12. The summed E-state index contributed by atoms with van der Waals surface area (Å²) in [6.07, 6.45) is -0.498. The molecule has 1 atom stereocenters. The van der Waals surface area contributed by atoms with E-state index in [-0.39, 0.29) is 23.5 Å². The number of nitrogens with one attached hydrogen (secondary N) is 1. The molecule has 150 valence electrons. The molecule has 1 aromatic carbocycles.